The molecule has 0 saturated carbocycles. The van der Waals surface area contributed by atoms with Crippen molar-refractivity contribution in [1.82, 2.24) is 9.97 Å². The number of carbonyl (C=O) groups is 1. The van der Waals surface area contributed by atoms with Crippen LogP contribution in [0.25, 0.3) is 11.4 Å². The van der Waals surface area contributed by atoms with E-state index in [4.69, 9.17) is 9.47 Å². The Morgan fingerprint density at radius 2 is 1.58 bits per heavy atom. The van der Waals surface area contributed by atoms with Gasteiger partial charge < -0.3 is 9.47 Å². The molecule has 0 amide bonds. The van der Waals surface area contributed by atoms with Crippen LogP contribution in [0.3, 0.4) is 0 Å². The largest absolute Gasteiger partial charge is 0.420 e. The molecule has 5 heteroatoms. The third-order valence-electron chi connectivity index (χ3n) is 5.39. The van der Waals surface area contributed by atoms with Crippen molar-refractivity contribution >= 4 is 5.97 Å². The Kier molecular flexibility index (Phi) is 13.8. The van der Waals surface area contributed by atoms with Crippen molar-refractivity contribution in [2.24, 2.45) is 0 Å². The van der Waals surface area contributed by atoms with Gasteiger partial charge in [0.25, 0.3) is 0 Å². The first-order chi connectivity index (χ1) is 16.2. The van der Waals surface area contributed by atoms with Crippen LogP contribution in [0.15, 0.2) is 48.8 Å². The van der Waals surface area contributed by atoms with Gasteiger partial charge in [-0.2, -0.15) is 0 Å². The van der Waals surface area contributed by atoms with E-state index in [-0.39, 0.29) is 5.97 Å². The first-order valence-electron chi connectivity index (χ1n) is 12.6. The normalized spacial score (nSPS) is 11.2. The Hall–Kier alpha value is -2.53. The quantitative estimate of drug-likeness (QED) is 0.145. The number of carbonyl (C=O) groups excluding carboxylic acids is 1. The lowest BCUT2D eigenvalue weighted by Crippen LogP contribution is -2.04. The van der Waals surface area contributed by atoms with Crippen LogP contribution in [0.1, 0.15) is 83.6 Å². The van der Waals surface area contributed by atoms with E-state index in [0.29, 0.717) is 11.6 Å². The second-order valence-corrected chi connectivity index (χ2v) is 8.39. The van der Waals surface area contributed by atoms with E-state index in [1.165, 1.54) is 50.2 Å². The van der Waals surface area contributed by atoms with Crippen LogP contribution in [0.5, 0.6) is 5.75 Å². The molecule has 1 aromatic heterocycles. The van der Waals surface area contributed by atoms with E-state index in [1.54, 1.807) is 12.4 Å². The number of benzene rings is 1. The van der Waals surface area contributed by atoms with Gasteiger partial charge in [-0.3, -0.25) is 0 Å². The van der Waals surface area contributed by atoms with Gasteiger partial charge in [0.05, 0.1) is 12.4 Å². The van der Waals surface area contributed by atoms with E-state index in [1.807, 2.05) is 18.2 Å². The van der Waals surface area contributed by atoms with Crippen LogP contribution in [0.4, 0.5) is 0 Å². The maximum absolute atomic E-state index is 11.9. The summed E-state index contributed by atoms with van der Waals surface area (Å²) in [6, 6.07) is 8.36. The molecule has 0 atom stereocenters. The standard InChI is InChI=1S/C28H40N2O3/c1-3-5-6-7-8-9-12-15-27(31)33-26-22-29-28(30-23-26)25-18-16-24(17-19-25)14-11-10-13-21-32-20-4-2/h12,15-19,22-23H,3-11,13-14,20-21H2,1-2H3. The number of ether oxygens (including phenoxy) is 2. The van der Waals surface area contributed by atoms with Gasteiger partial charge in [0.15, 0.2) is 11.6 Å². The minimum Gasteiger partial charge on any atom is -0.420 e. The number of hydrogen-bond acceptors (Lipinski definition) is 5. The maximum Gasteiger partial charge on any atom is 0.335 e. The number of allylic oxidation sites excluding steroid dienone is 1. The number of rotatable bonds is 17. The van der Waals surface area contributed by atoms with Crippen LogP contribution in [0.2, 0.25) is 0 Å². The maximum atomic E-state index is 11.9. The van der Waals surface area contributed by atoms with E-state index in [9.17, 15) is 4.79 Å². The fraction of sp³-hybridized carbons (Fsp3) is 0.536. The Balaban J connectivity index is 1.70. The first-order valence-corrected chi connectivity index (χ1v) is 12.6. The monoisotopic (exact) mass is 452 g/mol. The summed E-state index contributed by atoms with van der Waals surface area (Å²) >= 11 is 0. The van der Waals surface area contributed by atoms with Gasteiger partial charge in [-0.15, -0.1) is 0 Å². The predicted molar refractivity (Wildman–Crippen MR) is 134 cm³/mol. The van der Waals surface area contributed by atoms with Gasteiger partial charge in [0.1, 0.15) is 0 Å². The highest BCUT2D eigenvalue weighted by Gasteiger charge is 2.05. The first kappa shape index (κ1) is 26.7. The van der Waals surface area contributed by atoms with Gasteiger partial charge in [-0.25, -0.2) is 14.8 Å². The van der Waals surface area contributed by atoms with Crippen LogP contribution in [0, 0.1) is 0 Å². The molecule has 2 aromatic rings. The minimum atomic E-state index is -0.388. The fourth-order valence-electron chi connectivity index (χ4n) is 3.49. The zero-order valence-corrected chi connectivity index (χ0v) is 20.4. The van der Waals surface area contributed by atoms with Gasteiger partial charge in [-0.05, 0) is 44.1 Å². The number of aromatic nitrogens is 2. The molecule has 2 rings (SSSR count). The van der Waals surface area contributed by atoms with Crippen LogP contribution in [-0.4, -0.2) is 29.2 Å². The average molecular weight is 453 g/mol. The highest BCUT2D eigenvalue weighted by molar-refractivity contribution is 5.83. The lowest BCUT2D eigenvalue weighted by Gasteiger charge is -2.05. The zero-order valence-electron chi connectivity index (χ0n) is 20.4. The molecule has 1 heterocycles. The van der Waals surface area contributed by atoms with E-state index >= 15 is 0 Å². The van der Waals surface area contributed by atoms with Crippen molar-refractivity contribution in [2.45, 2.75) is 84.5 Å². The Morgan fingerprint density at radius 1 is 0.848 bits per heavy atom. The van der Waals surface area contributed by atoms with Crippen molar-refractivity contribution in [3.8, 4) is 17.1 Å². The molecule has 0 N–H and O–H groups in total. The molecule has 0 spiro atoms. The molecule has 0 aliphatic heterocycles. The van der Waals surface area contributed by atoms with Crippen molar-refractivity contribution in [1.29, 1.82) is 0 Å². The van der Waals surface area contributed by atoms with Gasteiger partial charge in [0, 0.05) is 24.9 Å². The number of hydrogen-bond donors (Lipinski definition) is 0. The summed E-state index contributed by atoms with van der Waals surface area (Å²) in [7, 11) is 0. The Bertz CT molecular complexity index is 801. The Labute approximate surface area is 199 Å². The summed E-state index contributed by atoms with van der Waals surface area (Å²) in [5.41, 5.74) is 2.27. The summed E-state index contributed by atoms with van der Waals surface area (Å²) in [4.78, 5) is 20.7. The molecule has 0 bridgehead atoms. The smallest absolute Gasteiger partial charge is 0.335 e. The number of nitrogens with zero attached hydrogens (tertiary/aromatic N) is 2. The molecule has 0 aliphatic rings. The predicted octanol–water partition coefficient (Wildman–Crippen LogP) is 7.11. The molecule has 0 aliphatic carbocycles. The van der Waals surface area contributed by atoms with Gasteiger partial charge in [0.2, 0.25) is 0 Å². The molecule has 0 fully saturated rings. The number of esters is 1. The Morgan fingerprint density at radius 3 is 2.30 bits per heavy atom. The molecule has 0 saturated heterocycles. The van der Waals surface area contributed by atoms with Crippen molar-refractivity contribution < 1.29 is 14.3 Å². The van der Waals surface area contributed by atoms with Gasteiger partial charge >= 0.3 is 5.97 Å². The van der Waals surface area contributed by atoms with Gasteiger partial charge in [-0.1, -0.05) is 76.3 Å². The second-order valence-electron chi connectivity index (χ2n) is 8.39. The SMILES string of the molecule is CCCCCCCC=CC(=O)Oc1cnc(-c2ccc(CCCCCOCCC)cc2)nc1. The van der Waals surface area contributed by atoms with Crippen molar-refractivity contribution in [3.63, 3.8) is 0 Å². The number of unbranched alkanes of at least 4 members (excludes halogenated alkanes) is 7. The highest BCUT2D eigenvalue weighted by Crippen LogP contribution is 2.18. The molecule has 1 aromatic carbocycles. The fourth-order valence-corrected chi connectivity index (χ4v) is 3.49. The van der Waals surface area contributed by atoms with E-state index < -0.39 is 0 Å². The summed E-state index contributed by atoms with van der Waals surface area (Å²) in [5.74, 6) is 0.592. The third kappa shape index (κ3) is 11.8. The van der Waals surface area contributed by atoms with E-state index in [0.717, 1.165) is 50.9 Å². The minimum absolute atomic E-state index is 0.357. The number of aryl methyl sites for hydroxylation is 1. The van der Waals surface area contributed by atoms with Crippen molar-refractivity contribution in [3.05, 3.63) is 54.4 Å². The molecule has 33 heavy (non-hydrogen) atoms. The van der Waals surface area contributed by atoms with Crippen LogP contribution >= 0.6 is 0 Å². The van der Waals surface area contributed by atoms with E-state index in [2.05, 4.69) is 35.9 Å². The molecule has 0 radical (unpaired) electrons. The lowest BCUT2D eigenvalue weighted by molar-refractivity contribution is -0.129. The molecule has 5 nitrogen and oxygen atoms in total. The van der Waals surface area contributed by atoms with Crippen LogP contribution in [-0.2, 0) is 16.0 Å². The molecule has 0 unspecified atom stereocenters. The molecular formula is C28H40N2O3. The zero-order chi connectivity index (χ0) is 23.6. The second kappa shape index (κ2) is 17.0. The van der Waals surface area contributed by atoms with Crippen molar-refractivity contribution in [2.75, 3.05) is 13.2 Å². The van der Waals surface area contributed by atoms with Crippen LogP contribution < -0.4 is 4.74 Å². The highest BCUT2D eigenvalue weighted by atomic mass is 16.5. The summed E-state index contributed by atoms with van der Waals surface area (Å²) in [6.45, 7) is 6.07. The summed E-state index contributed by atoms with van der Waals surface area (Å²) in [5, 5.41) is 0. The third-order valence-corrected chi connectivity index (χ3v) is 5.39. The average Bonchev–Trinajstić information content (AvgIpc) is 2.84. The molecular weight excluding hydrogens is 412 g/mol. The summed E-state index contributed by atoms with van der Waals surface area (Å²) < 4.78 is 10.8. The summed E-state index contributed by atoms with van der Waals surface area (Å²) in [6.07, 6.45) is 19.1. The molecule has 180 valence electrons. The lowest BCUT2D eigenvalue weighted by atomic mass is 10.0. The topological polar surface area (TPSA) is 61.3 Å².